The minimum Gasteiger partial charge on any atom is -0.355 e. The standard InChI is InChI=1S/C16H24N4O2S2/c1-17-16(20-8-6-14-4-2-3-5-15(14)20)18-7-13-24(21,22)19-9-11-23-12-10-19/h2-5H,6-13H2,1H3,(H,17,18). The third kappa shape index (κ3) is 3.87. The van der Waals surface area contributed by atoms with Gasteiger partial charge >= 0.3 is 0 Å². The van der Waals surface area contributed by atoms with E-state index < -0.39 is 10.0 Å². The van der Waals surface area contributed by atoms with Crippen LogP contribution in [0.25, 0.3) is 0 Å². The summed E-state index contributed by atoms with van der Waals surface area (Å²) in [5.41, 5.74) is 2.46. The van der Waals surface area contributed by atoms with Crippen LogP contribution in [0.15, 0.2) is 29.3 Å². The van der Waals surface area contributed by atoms with Gasteiger partial charge in [-0.15, -0.1) is 0 Å². The van der Waals surface area contributed by atoms with E-state index in [0.717, 1.165) is 36.1 Å². The van der Waals surface area contributed by atoms with E-state index in [-0.39, 0.29) is 5.75 Å². The first-order chi connectivity index (χ1) is 11.6. The minimum absolute atomic E-state index is 0.103. The third-order valence-corrected chi connectivity index (χ3v) is 7.18. The smallest absolute Gasteiger partial charge is 0.215 e. The molecule has 0 amide bonds. The lowest BCUT2D eigenvalue weighted by atomic mass is 10.2. The first kappa shape index (κ1) is 17.6. The summed E-state index contributed by atoms with van der Waals surface area (Å²) in [7, 11) is -1.45. The lowest BCUT2D eigenvalue weighted by Gasteiger charge is -2.26. The first-order valence-electron chi connectivity index (χ1n) is 8.23. The quantitative estimate of drug-likeness (QED) is 0.635. The zero-order valence-electron chi connectivity index (χ0n) is 13.9. The van der Waals surface area contributed by atoms with Gasteiger partial charge in [-0.05, 0) is 18.1 Å². The fraction of sp³-hybridized carbons (Fsp3) is 0.562. The van der Waals surface area contributed by atoms with Crippen molar-refractivity contribution in [3.8, 4) is 0 Å². The minimum atomic E-state index is -3.19. The molecule has 6 nitrogen and oxygen atoms in total. The third-order valence-electron chi connectivity index (χ3n) is 4.36. The molecule has 2 aliphatic heterocycles. The average molecular weight is 369 g/mol. The molecule has 0 bridgehead atoms. The monoisotopic (exact) mass is 368 g/mol. The Morgan fingerprint density at radius 3 is 2.75 bits per heavy atom. The van der Waals surface area contributed by atoms with Crippen molar-refractivity contribution in [3.05, 3.63) is 29.8 Å². The number of fused-ring (bicyclic) bond motifs is 1. The fourth-order valence-corrected chi connectivity index (χ4v) is 5.59. The Labute approximate surface area is 148 Å². The van der Waals surface area contributed by atoms with E-state index in [4.69, 9.17) is 0 Å². The molecule has 2 heterocycles. The van der Waals surface area contributed by atoms with E-state index in [1.807, 2.05) is 23.9 Å². The molecule has 0 aromatic heterocycles. The van der Waals surface area contributed by atoms with Crippen LogP contribution in [0.5, 0.6) is 0 Å². The Bertz CT molecular complexity index is 700. The number of hydrogen-bond acceptors (Lipinski definition) is 4. The number of rotatable bonds is 4. The second kappa shape index (κ2) is 7.76. The number of sulfonamides is 1. The molecule has 3 rings (SSSR count). The molecule has 0 unspecified atom stereocenters. The molecule has 0 aliphatic carbocycles. The maximum absolute atomic E-state index is 12.4. The molecule has 0 saturated carbocycles. The molecule has 0 radical (unpaired) electrons. The van der Waals surface area contributed by atoms with Gasteiger partial charge in [0.25, 0.3) is 0 Å². The van der Waals surface area contributed by atoms with Crippen molar-refractivity contribution in [1.29, 1.82) is 0 Å². The summed E-state index contributed by atoms with van der Waals surface area (Å²) < 4.78 is 26.4. The van der Waals surface area contributed by atoms with Gasteiger partial charge in [-0.25, -0.2) is 12.7 Å². The van der Waals surface area contributed by atoms with Gasteiger partial charge in [0.05, 0.1) is 5.75 Å². The van der Waals surface area contributed by atoms with Crippen LogP contribution in [0.1, 0.15) is 5.56 Å². The van der Waals surface area contributed by atoms with Crippen molar-refractivity contribution in [3.63, 3.8) is 0 Å². The predicted octanol–water partition coefficient (Wildman–Crippen LogP) is 1.00. The van der Waals surface area contributed by atoms with Crippen molar-refractivity contribution in [2.75, 3.05) is 55.4 Å². The number of nitrogens with one attached hydrogen (secondary N) is 1. The summed E-state index contributed by atoms with van der Waals surface area (Å²) in [6.45, 7) is 2.49. The molecule has 1 N–H and O–H groups in total. The zero-order valence-corrected chi connectivity index (χ0v) is 15.6. The van der Waals surface area contributed by atoms with Crippen LogP contribution >= 0.6 is 11.8 Å². The van der Waals surface area contributed by atoms with Crippen LogP contribution in [0.3, 0.4) is 0 Å². The summed E-state index contributed by atoms with van der Waals surface area (Å²) in [5.74, 6) is 2.62. The summed E-state index contributed by atoms with van der Waals surface area (Å²) in [5, 5.41) is 3.21. The van der Waals surface area contributed by atoms with Gasteiger partial charge in [0.15, 0.2) is 5.96 Å². The molecular formula is C16H24N4O2S2. The van der Waals surface area contributed by atoms with Gasteiger partial charge in [0, 0.05) is 50.4 Å². The largest absolute Gasteiger partial charge is 0.355 e. The molecule has 0 atom stereocenters. The predicted molar refractivity (Wildman–Crippen MR) is 102 cm³/mol. The first-order valence-corrected chi connectivity index (χ1v) is 11.0. The second-order valence-corrected chi connectivity index (χ2v) is 9.14. The number of hydrogen-bond donors (Lipinski definition) is 1. The van der Waals surface area contributed by atoms with E-state index in [1.165, 1.54) is 5.56 Å². The van der Waals surface area contributed by atoms with Crippen LogP contribution in [-0.2, 0) is 16.4 Å². The Hall–Kier alpha value is -1.25. The molecule has 2 aliphatic rings. The highest BCUT2D eigenvalue weighted by Crippen LogP contribution is 2.27. The number of nitrogens with zero attached hydrogens (tertiary/aromatic N) is 3. The molecule has 132 valence electrons. The SMILES string of the molecule is CN=C(NCCS(=O)(=O)N1CCSCC1)N1CCc2ccccc21. The van der Waals surface area contributed by atoms with Gasteiger partial charge in [0.2, 0.25) is 10.0 Å². The Kier molecular flexibility index (Phi) is 5.68. The fourth-order valence-electron chi connectivity index (χ4n) is 3.10. The van der Waals surface area contributed by atoms with E-state index in [0.29, 0.717) is 19.6 Å². The van der Waals surface area contributed by atoms with Crippen LogP contribution in [0, 0.1) is 0 Å². The van der Waals surface area contributed by atoms with E-state index >= 15 is 0 Å². The number of benzene rings is 1. The number of aliphatic imine (C=N–C) groups is 1. The van der Waals surface area contributed by atoms with Crippen molar-refractivity contribution < 1.29 is 8.42 Å². The van der Waals surface area contributed by atoms with E-state index in [1.54, 1.807) is 11.4 Å². The summed E-state index contributed by atoms with van der Waals surface area (Å²) >= 11 is 1.81. The lowest BCUT2D eigenvalue weighted by Crippen LogP contribution is -2.45. The number of thioether (sulfide) groups is 1. The normalized spacial score (nSPS) is 19.4. The Morgan fingerprint density at radius 2 is 2.00 bits per heavy atom. The lowest BCUT2D eigenvalue weighted by molar-refractivity contribution is 0.443. The summed E-state index contributed by atoms with van der Waals surface area (Å²) in [6.07, 6.45) is 0.987. The van der Waals surface area contributed by atoms with E-state index in [9.17, 15) is 8.42 Å². The maximum atomic E-state index is 12.4. The molecule has 1 saturated heterocycles. The van der Waals surface area contributed by atoms with Crippen molar-refractivity contribution in [2.45, 2.75) is 6.42 Å². The topological polar surface area (TPSA) is 65.0 Å². The number of anilines is 1. The van der Waals surface area contributed by atoms with Gasteiger partial charge in [0.1, 0.15) is 0 Å². The van der Waals surface area contributed by atoms with Gasteiger partial charge < -0.3 is 10.2 Å². The van der Waals surface area contributed by atoms with E-state index in [2.05, 4.69) is 27.3 Å². The van der Waals surface area contributed by atoms with Gasteiger partial charge in [-0.1, -0.05) is 18.2 Å². The molecule has 8 heteroatoms. The van der Waals surface area contributed by atoms with Crippen molar-refractivity contribution in [1.82, 2.24) is 9.62 Å². The maximum Gasteiger partial charge on any atom is 0.215 e. The van der Waals surface area contributed by atoms with Crippen LogP contribution in [0.4, 0.5) is 5.69 Å². The van der Waals surface area contributed by atoms with Gasteiger partial charge in [-0.2, -0.15) is 11.8 Å². The van der Waals surface area contributed by atoms with Crippen LogP contribution in [-0.4, -0.2) is 69.2 Å². The number of para-hydroxylation sites is 1. The number of guanidine groups is 1. The molecule has 1 aromatic carbocycles. The molecule has 1 fully saturated rings. The van der Waals surface area contributed by atoms with Crippen molar-refractivity contribution in [2.24, 2.45) is 4.99 Å². The van der Waals surface area contributed by atoms with Crippen molar-refractivity contribution >= 4 is 33.4 Å². The van der Waals surface area contributed by atoms with Gasteiger partial charge in [-0.3, -0.25) is 4.99 Å². The molecule has 0 spiro atoms. The highest BCUT2D eigenvalue weighted by Gasteiger charge is 2.25. The molecular weight excluding hydrogens is 344 g/mol. The van der Waals surface area contributed by atoms with Crippen LogP contribution in [0.2, 0.25) is 0 Å². The zero-order chi connectivity index (χ0) is 17.0. The molecule has 1 aromatic rings. The molecule has 24 heavy (non-hydrogen) atoms. The Morgan fingerprint density at radius 1 is 1.25 bits per heavy atom. The summed E-state index contributed by atoms with van der Waals surface area (Å²) in [4.78, 5) is 6.45. The highest BCUT2D eigenvalue weighted by molar-refractivity contribution is 7.99. The summed E-state index contributed by atoms with van der Waals surface area (Å²) in [6, 6.07) is 8.27. The Balaban J connectivity index is 1.57. The second-order valence-electron chi connectivity index (χ2n) is 5.83. The van der Waals surface area contributed by atoms with Crippen LogP contribution < -0.4 is 10.2 Å². The average Bonchev–Trinajstić information content (AvgIpc) is 3.03. The highest BCUT2D eigenvalue weighted by atomic mass is 32.2.